The lowest BCUT2D eigenvalue weighted by molar-refractivity contribution is -0.147. The fourth-order valence-electron chi connectivity index (χ4n) is 3.72. The van der Waals surface area contributed by atoms with E-state index in [1.807, 2.05) is 6.92 Å². The van der Waals surface area contributed by atoms with Gasteiger partial charge in [0, 0.05) is 6.04 Å². The van der Waals surface area contributed by atoms with Crippen molar-refractivity contribution in [1.82, 2.24) is 10.6 Å². The van der Waals surface area contributed by atoms with Crippen molar-refractivity contribution in [3.05, 3.63) is 0 Å². The molecule has 4 unspecified atom stereocenters. The Balaban J connectivity index is 1.63. The first-order chi connectivity index (χ1) is 10.5. The largest absolute Gasteiger partial charge is 0.454 e. The van der Waals surface area contributed by atoms with Crippen LogP contribution in [0.15, 0.2) is 0 Å². The van der Waals surface area contributed by atoms with Gasteiger partial charge in [0.15, 0.2) is 6.61 Å². The third-order valence-corrected chi connectivity index (χ3v) is 4.75. The topological polar surface area (TPSA) is 93.7 Å². The van der Waals surface area contributed by atoms with E-state index in [1.54, 1.807) is 0 Å². The lowest BCUT2D eigenvalue weighted by atomic mass is 9.84. The van der Waals surface area contributed by atoms with Gasteiger partial charge in [-0.3, -0.25) is 9.59 Å². The number of hydrogen-bond donors (Lipinski definition) is 2. The van der Waals surface area contributed by atoms with Gasteiger partial charge in [0.05, 0.1) is 7.11 Å². The number of rotatable bonds is 6. The summed E-state index contributed by atoms with van der Waals surface area (Å²) in [6, 6.07) is 0.106. The summed E-state index contributed by atoms with van der Waals surface area (Å²) in [5.74, 6) is 1.12. The Labute approximate surface area is 130 Å². The molecule has 0 saturated heterocycles. The summed E-state index contributed by atoms with van der Waals surface area (Å²) in [6.07, 6.45) is 4.36. The molecule has 2 amide bonds. The summed E-state index contributed by atoms with van der Waals surface area (Å²) in [4.78, 5) is 33.9. The molecule has 0 aliphatic heterocycles. The van der Waals surface area contributed by atoms with Crippen LogP contribution in [0.4, 0.5) is 4.79 Å². The van der Waals surface area contributed by atoms with Gasteiger partial charge in [0.25, 0.3) is 5.91 Å². The van der Waals surface area contributed by atoms with Gasteiger partial charge in [0.1, 0.15) is 6.54 Å². The smallest absolute Gasteiger partial charge is 0.407 e. The summed E-state index contributed by atoms with van der Waals surface area (Å²) in [7, 11) is 1.20. The third-order valence-electron chi connectivity index (χ3n) is 4.75. The monoisotopic (exact) mass is 312 g/mol. The number of esters is 1. The number of nitrogens with one attached hydrogen (secondary N) is 2. The molecule has 0 aromatic carbocycles. The molecule has 0 aromatic heterocycles. The molecule has 7 heteroatoms. The van der Waals surface area contributed by atoms with Crippen molar-refractivity contribution in [3.8, 4) is 0 Å². The predicted octanol–water partition coefficient (Wildman–Crippen LogP) is 0.826. The second kappa shape index (κ2) is 7.47. The summed E-state index contributed by atoms with van der Waals surface area (Å²) < 4.78 is 9.13. The van der Waals surface area contributed by atoms with Crippen molar-refractivity contribution in [2.75, 3.05) is 20.3 Å². The second-order valence-corrected chi connectivity index (χ2v) is 6.20. The zero-order chi connectivity index (χ0) is 16.1. The van der Waals surface area contributed by atoms with Crippen molar-refractivity contribution >= 4 is 18.0 Å². The van der Waals surface area contributed by atoms with E-state index in [4.69, 9.17) is 4.74 Å². The van der Waals surface area contributed by atoms with E-state index in [9.17, 15) is 14.4 Å². The van der Waals surface area contributed by atoms with Crippen LogP contribution >= 0.6 is 0 Å². The molecule has 2 aliphatic carbocycles. The summed E-state index contributed by atoms with van der Waals surface area (Å²) >= 11 is 0. The summed E-state index contributed by atoms with van der Waals surface area (Å²) in [5, 5.41) is 5.10. The Morgan fingerprint density at radius 2 is 2.00 bits per heavy atom. The highest BCUT2D eigenvalue weighted by molar-refractivity contribution is 5.82. The normalized spacial score (nSPS) is 27.1. The molecule has 7 nitrogen and oxygen atoms in total. The number of alkyl carbamates (subject to hydrolysis) is 1. The van der Waals surface area contributed by atoms with E-state index >= 15 is 0 Å². The van der Waals surface area contributed by atoms with Crippen LogP contribution in [0, 0.1) is 17.8 Å². The zero-order valence-electron chi connectivity index (χ0n) is 13.1. The number of amides is 2. The van der Waals surface area contributed by atoms with Crippen LogP contribution in [-0.2, 0) is 19.1 Å². The van der Waals surface area contributed by atoms with E-state index in [0.717, 1.165) is 11.8 Å². The maximum atomic E-state index is 11.8. The van der Waals surface area contributed by atoms with Gasteiger partial charge < -0.3 is 20.1 Å². The molecule has 2 fully saturated rings. The van der Waals surface area contributed by atoms with Gasteiger partial charge in [-0.2, -0.15) is 0 Å². The fraction of sp³-hybridized carbons (Fsp3) is 0.800. The van der Waals surface area contributed by atoms with Gasteiger partial charge in [0.2, 0.25) is 0 Å². The van der Waals surface area contributed by atoms with Gasteiger partial charge in [-0.15, -0.1) is 0 Å². The average molecular weight is 312 g/mol. The molecule has 2 bridgehead atoms. The first kappa shape index (κ1) is 16.6. The molecule has 0 aromatic rings. The van der Waals surface area contributed by atoms with Crippen LogP contribution in [0.5, 0.6) is 0 Å². The molecule has 2 rings (SSSR count). The number of hydrogen-bond acceptors (Lipinski definition) is 5. The minimum atomic E-state index is -0.716. The molecule has 0 spiro atoms. The summed E-state index contributed by atoms with van der Waals surface area (Å²) in [5.41, 5.74) is 0. The third kappa shape index (κ3) is 4.35. The van der Waals surface area contributed by atoms with Gasteiger partial charge >= 0.3 is 12.1 Å². The molecule has 4 atom stereocenters. The number of fused-ring (bicyclic) bond motifs is 2. The van der Waals surface area contributed by atoms with E-state index in [-0.39, 0.29) is 25.1 Å². The standard InChI is InChI=1S/C15H24N2O5/c1-9(12-6-10-3-4-11(12)5-10)17-13(18)8-22-14(19)7-16-15(20)21-2/h9-12H,3-8H2,1-2H3,(H,16,20)(H,17,18). The predicted molar refractivity (Wildman–Crippen MR) is 77.9 cm³/mol. The van der Waals surface area contributed by atoms with Crippen molar-refractivity contribution in [2.24, 2.45) is 17.8 Å². The lowest BCUT2D eigenvalue weighted by Gasteiger charge is -2.28. The van der Waals surface area contributed by atoms with Crippen LogP contribution in [0.1, 0.15) is 32.6 Å². The van der Waals surface area contributed by atoms with Crippen molar-refractivity contribution < 1.29 is 23.9 Å². The van der Waals surface area contributed by atoms with Crippen LogP contribution in [-0.4, -0.2) is 44.3 Å². The Kier molecular flexibility index (Phi) is 5.63. The molecule has 2 saturated carbocycles. The maximum absolute atomic E-state index is 11.8. The molecule has 2 N–H and O–H groups in total. The van der Waals surface area contributed by atoms with Crippen LogP contribution in [0.3, 0.4) is 0 Å². The highest BCUT2D eigenvalue weighted by Gasteiger charge is 2.42. The molecule has 2 aliphatic rings. The number of methoxy groups -OCH3 is 1. The Morgan fingerprint density at radius 3 is 2.59 bits per heavy atom. The quantitative estimate of drug-likeness (QED) is 0.708. The van der Waals surface area contributed by atoms with Gasteiger partial charge in [-0.1, -0.05) is 6.42 Å². The molecular formula is C15H24N2O5. The van der Waals surface area contributed by atoms with Crippen LogP contribution < -0.4 is 10.6 Å². The molecule has 0 heterocycles. The first-order valence-corrected chi connectivity index (χ1v) is 7.76. The van der Waals surface area contributed by atoms with Gasteiger partial charge in [-0.25, -0.2) is 4.79 Å². The Bertz CT molecular complexity index is 440. The SMILES string of the molecule is COC(=O)NCC(=O)OCC(=O)NC(C)C1CC2CCC1C2. The number of carbonyl (C=O) groups is 3. The second-order valence-electron chi connectivity index (χ2n) is 6.20. The first-order valence-electron chi connectivity index (χ1n) is 7.76. The Hall–Kier alpha value is -1.79. The van der Waals surface area contributed by atoms with Crippen LogP contribution in [0.2, 0.25) is 0 Å². The number of ether oxygens (including phenoxy) is 2. The van der Waals surface area contributed by atoms with Crippen molar-refractivity contribution in [1.29, 1.82) is 0 Å². The summed E-state index contributed by atoms with van der Waals surface area (Å²) in [6.45, 7) is 1.37. The van der Waals surface area contributed by atoms with E-state index < -0.39 is 12.1 Å². The fourth-order valence-corrected chi connectivity index (χ4v) is 3.72. The van der Waals surface area contributed by atoms with Crippen molar-refractivity contribution in [3.63, 3.8) is 0 Å². The average Bonchev–Trinajstić information content (AvgIpc) is 3.13. The van der Waals surface area contributed by atoms with Gasteiger partial charge in [-0.05, 0) is 43.9 Å². The van der Waals surface area contributed by atoms with E-state index in [0.29, 0.717) is 5.92 Å². The minimum Gasteiger partial charge on any atom is -0.454 e. The van der Waals surface area contributed by atoms with E-state index in [2.05, 4.69) is 15.4 Å². The highest BCUT2D eigenvalue weighted by Crippen LogP contribution is 2.49. The molecular weight excluding hydrogens is 288 g/mol. The van der Waals surface area contributed by atoms with Crippen molar-refractivity contribution in [2.45, 2.75) is 38.6 Å². The van der Waals surface area contributed by atoms with Crippen LogP contribution in [0.25, 0.3) is 0 Å². The lowest BCUT2D eigenvalue weighted by Crippen LogP contribution is -2.42. The minimum absolute atomic E-state index is 0.106. The molecule has 22 heavy (non-hydrogen) atoms. The zero-order valence-corrected chi connectivity index (χ0v) is 13.1. The molecule has 124 valence electrons. The Morgan fingerprint density at radius 1 is 1.23 bits per heavy atom. The highest BCUT2D eigenvalue weighted by atomic mass is 16.5. The number of carbonyl (C=O) groups excluding carboxylic acids is 3. The maximum Gasteiger partial charge on any atom is 0.407 e. The van der Waals surface area contributed by atoms with E-state index in [1.165, 1.54) is 32.8 Å². The molecule has 0 radical (unpaired) electrons.